The van der Waals surface area contributed by atoms with E-state index in [9.17, 15) is 9.90 Å². The van der Waals surface area contributed by atoms with E-state index in [1.807, 2.05) is 6.07 Å². The van der Waals surface area contributed by atoms with Crippen LogP contribution in [-0.2, 0) is 0 Å². The minimum atomic E-state index is -0.247. The van der Waals surface area contributed by atoms with Gasteiger partial charge in [0, 0.05) is 43.0 Å². The Morgan fingerprint density at radius 3 is 2.35 bits per heavy atom. The second kappa shape index (κ2) is 8.89. The highest BCUT2D eigenvalue weighted by Crippen LogP contribution is 2.23. The molecule has 0 bridgehead atoms. The van der Waals surface area contributed by atoms with Crippen molar-refractivity contribution in [1.29, 1.82) is 0 Å². The molecule has 6 nitrogen and oxygen atoms in total. The number of hydrogen-bond acceptors (Lipinski definition) is 5. The molecule has 0 aliphatic heterocycles. The maximum atomic E-state index is 12.4. The zero-order valence-electron chi connectivity index (χ0n) is 15.6. The van der Waals surface area contributed by atoms with E-state index < -0.39 is 0 Å². The summed E-state index contributed by atoms with van der Waals surface area (Å²) < 4.78 is 5.08. The molecule has 2 aromatic carbocycles. The lowest BCUT2D eigenvalue weighted by atomic mass is 10.2. The molecule has 6 heteroatoms. The Kier molecular flexibility index (Phi) is 6.60. The number of hydrogen-bond donors (Lipinski definition) is 1. The van der Waals surface area contributed by atoms with Crippen LogP contribution in [0, 0.1) is 0 Å². The van der Waals surface area contributed by atoms with Crippen LogP contribution in [0.4, 0.5) is 5.69 Å². The van der Waals surface area contributed by atoms with E-state index in [-0.39, 0.29) is 11.7 Å². The summed E-state index contributed by atoms with van der Waals surface area (Å²) in [6.45, 7) is 5.86. The van der Waals surface area contributed by atoms with Crippen molar-refractivity contribution >= 4 is 17.8 Å². The number of aromatic hydroxyl groups is 1. The van der Waals surface area contributed by atoms with Gasteiger partial charge in [-0.1, -0.05) is 0 Å². The standard InChI is InChI=1S/C20H25N3O3/c1-5-23(6-2)17-10-7-16(19(24)13-17)14-21-22(3)20(25)15-8-11-18(26-4)12-9-15/h7-14,24H,5-6H2,1-4H3/b21-14+. The van der Waals surface area contributed by atoms with E-state index in [0.717, 1.165) is 18.8 Å². The molecule has 26 heavy (non-hydrogen) atoms. The molecule has 2 aromatic rings. The molecular formula is C20H25N3O3. The van der Waals surface area contributed by atoms with Gasteiger partial charge in [-0.05, 0) is 50.2 Å². The fraction of sp³-hybridized carbons (Fsp3) is 0.300. The van der Waals surface area contributed by atoms with Crippen molar-refractivity contribution in [2.24, 2.45) is 5.10 Å². The van der Waals surface area contributed by atoms with E-state index in [1.165, 1.54) is 11.2 Å². The topological polar surface area (TPSA) is 65.4 Å². The number of amides is 1. The van der Waals surface area contributed by atoms with Crippen LogP contribution in [-0.4, -0.2) is 49.5 Å². The largest absolute Gasteiger partial charge is 0.507 e. The average Bonchev–Trinajstić information content (AvgIpc) is 2.67. The van der Waals surface area contributed by atoms with Crippen LogP contribution in [0.1, 0.15) is 29.8 Å². The number of rotatable bonds is 7. The molecule has 2 rings (SSSR count). The number of anilines is 1. The Balaban J connectivity index is 2.11. The fourth-order valence-electron chi connectivity index (χ4n) is 2.55. The quantitative estimate of drug-likeness (QED) is 0.611. The normalized spacial score (nSPS) is 10.8. The molecule has 0 spiro atoms. The number of benzene rings is 2. The average molecular weight is 355 g/mol. The first-order valence-electron chi connectivity index (χ1n) is 8.54. The molecule has 0 saturated carbocycles. The van der Waals surface area contributed by atoms with Gasteiger partial charge in [0.25, 0.3) is 5.91 Å². The summed E-state index contributed by atoms with van der Waals surface area (Å²) in [5, 5.41) is 15.6. The second-order valence-electron chi connectivity index (χ2n) is 5.72. The highest BCUT2D eigenvalue weighted by atomic mass is 16.5. The molecule has 0 aliphatic rings. The third-order valence-corrected chi connectivity index (χ3v) is 4.14. The third kappa shape index (κ3) is 4.53. The Hall–Kier alpha value is -3.02. The van der Waals surface area contributed by atoms with E-state index in [0.29, 0.717) is 16.9 Å². The Morgan fingerprint density at radius 2 is 1.81 bits per heavy atom. The smallest absolute Gasteiger partial charge is 0.273 e. The number of carbonyl (C=O) groups is 1. The monoisotopic (exact) mass is 355 g/mol. The van der Waals surface area contributed by atoms with Crippen LogP contribution in [0.5, 0.6) is 11.5 Å². The predicted molar refractivity (Wildman–Crippen MR) is 104 cm³/mol. The molecule has 0 saturated heterocycles. The van der Waals surface area contributed by atoms with Crippen molar-refractivity contribution in [3.63, 3.8) is 0 Å². The highest BCUT2D eigenvalue weighted by Gasteiger charge is 2.11. The van der Waals surface area contributed by atoms with E-state index in [2.05, 4.69) is 23.8 Å². The van der Waals surface area contributed by atoms with Crippen LogP contribution in [0.25, 0.3) is 0 Å². The number of hydrazone groups is 1. The first-order chi connectivity index (χ1) is 12.5. The molecule has 0 aliphatic carbocycles. The minimum Gasteiger partial charge on any atom is -0.507 e. The summed E-state index contributed by atoms with van der Waals surface area (Å²) in [6.07, 6.45) is 1.47. The number of methoxy groups -OCH3 is 1. The van der Waals surface area contributed by atoms with Crippen molar-refractivity contribution in [2.45, 2.75) is 13.8 Å². The zero-order valence-corrected chi connectivity index (χ0v) is 15.6. The van der Waals surface area contributed by atoms with Gasteiger partial charge in [-0.3, -0.25) is 4.79 Å². The molecular weight excluding hydrogens is 330 g/mol. The lowest BCUT2D eigenvalue weighted by molar-refractivity contribution is 0.0800. The van der Waals surface area contributed by atoms with Crippen LogP contribution in [0.2, 0.25) is 0 Å². The van der Waals surface area contributed by atoms with Gasteiger partial charge in [-0.2, -0.15) is 5.10 Å². The first-order valence-corrected chi connectivity index (χ1v) is 8.54. The van der Waals surface area contributed by atoms with Gasteiger partial charge >= 0.3 is 0 Å². The van der Waals surface area contributed by atoms with Crippen molar-refractivity contribution in [1.82, 2.24) is 5.01 Å². The molecule has 0 radical (unpaired) electrons. The zero-order chi connectivity index (χ0) is 19.1. The SMILES string of the molecule is CCN(CC)c1ccc(/C=N/N(C)C(=O)c2ccc(OC)cc2)c(O)c1. The minimum absolute atomic E-state index is 0.128. The van der Waals surface area contributed by atoms with Crippen LogP contribution >= 0.6 is 0 Å². The molecule has 0 unspecified atom stereocenters. The fourth-order valence-corrected chi connectivity index (χ4v) is 2.55. The summed E-state index contributed by atoms with van der Waals surface area (Å²) in [5.41, 5.74) is 2.01. The highest BCUT2D eigenvalue weighted by molar-refractivity contribution is 5.95. The van der Waals surface area contributed by atoms with E-state index >= 15 is 0 Å². The van der Waals surface area contributed by atoms with Crippen molar-refractivity contribution in [3.8, 4) is 11.5 Å². The number of phenolic OH excluding ortho intramolecular Hbond substituents is 1. The van der Waals surface area contributed by atoms with Gasteiger partial charge < -0.3 is 14.7 Å². The number of ether oxygens (including phenoxy) is 1. The summed E-state index contributed by atoms with van der Waals surface area (Å²) in [6, 6.07) is 12.2. The molecule has 0 heterocycles. The van der Waals surface area contributed by atoms with Gasteiger partial charge in [0.05, 0.1) is 13.3 Å². The molecule has 1 amide bonds. The number of phenols is 1. The Morgan fingerprint density at radius 1 is 1.15 bits per heavy atom. The van der Waals surface area contributed by atoms with E-state index in [1.54, 1.807) is 50.6 Å². The van der Waals surface area contributed by atoms with Crippen molar-refractivity contribution in [3.05, 3.63) is 53.6 Å². The maximum Gasteiger partial charge on any atom is 0.273 e. The summed E-state index contributed by atoms with van der Waals surface area (Å²) in [4.78, 5) is 14.5. The van der Waals surface area contributed by atoms with E-state index in [4.69, 9.17) is 4.74 Å². The molecule has 0 aromatic heterocycles. The summed E-state index contributed by atoms with van der Waals surface area (Å²) in [5.74, 6) is 0.567. The third-order valence-electron chi connectivity index (χ3n) is 4.14. The molecule has 138 valence electrons. The summed E-state index contributed by atoms with van der Waals surface area (Å²) in [7, 11) is 3.15. The number of nitrogens with zero attached hydrogens (tertiary/aromatic N) is 3. The Bertz CT molecular complexity index is 768. The van der Waals surface area contributed by atoms with Gasteiger partial charge in [0.1, 0.15) is 11.5 Å². The van der Waals surface area contributed by atoms with Gasteiger partial charge in [0.2, 0.25) is 0 Å². The predicted octanol–water partition coefficient (Wildman–Crippen LogP) is 3.35. The van der Waals surface area contributed by atoms with Crippen LogP contribution < -0.4 is 9.64 Å². The van der Waals surface area contributed by atoms with Gasteiger partial charge in [-0.25, -0.2) is 5.01 Å². The lowest BCUT2D eigenvalue weighted by Crippen LogP contribution is -2.22. The van der Waals surface area contributed by atoms with Crippen LogP contribution in [0.3, 0.4) is 0 Å². The van der Waals surface area contributed by atoms with Crippen LogP contribution in [0.15, 0.2) is 47.6 Å². The lowest BCUT2D eigenvalue weighted by Gasteiger charge is -2.21. The van der Waals surface area contributed by atoms with Crippen molar-refractivity contribution in [2.75, 3.05) is 32.1 Å². The van der Waals surface area contributed by atoms with Crippen molar-refractivity contribution < 1.29 is 14.6 Å². The first kappa shape index (κ1) is 19.3. The van der Waals surface area contributed by atoms with Gasteiger partial charge in [0.15, 0.2) is 0 Å². The number of carbonyl (C=O) groups excluding carboxylic acids is 1. The molecule has 0 fully saturated rings. The second-order valence-corrected chi connectivity index (χ2v) is 5.72. The maximum absolute atomic E-state index is 12.4. The Labute approximate surface area is 154 Å². The summed E-state index contributed by atoms with van der Waals surface area (Å²) >= 11 is 0. The molecule has 0 atom stereocenters. The molecule has 1 N–H and O–H groups in total. The van der Waals surface area contributed by atoms with Gasteiger partial charge in [-0.15, -0.1) is 0 Å².